The highest BCUT2D eigenvalue weighted by atomic mass is 32.2. The molecule has 2 nitrogen and oxygen atoms in total. The van der Waals surface area contributed by atoms with Gasteiger partial charge in [0.2, 0.25) is 21.1 Å². The standard InChI is InChI=1S/C33H47O2S2/c1-20(2)10-12-26-14-24(18-30(36-26)22(5)6)16-28-32(34)29(33(28)35-9)17-25-15-27(13-11-21(3)4)37-31(19-25)23(7)8/h14-16,18-23,29H,10-13,17H2,1-9H3/q+1/b24-16-. The fourth-order valence-electron chi connectivity index (χ4n) is 4.64. The van der Waals surface area contributed by atoms with Gasteiger partial charge in [0.25, 0.3) is 0 Å². The molecule has 0 fully saturated rings. The first kappa shape index (κ1) is 29.9. The van der Waals surface area contributed by atoms with Crippen molar-refractivity contribution in [2.75, 3.05) is 7.11 Å². The van der Waals surface area contributed by atoms with Crippen molar-refractivity contribution in [1.82, 2.24) is 0 Å². The Bertz CT molecular complexity index is 1100. The van der Waals surface area contributed by atoms with Gasteiger partial charge in [-0.25, -0.2) is 0 Å². The Hall–Kier alpha value is -1.65. The zero-order valence-corrected chi connectivity index (χ0v) is 26.1. The largest absolute Gasteiger partial charge is 0.500 e. The molecule has 1 aliphatic heterocycles. The van der Waals surface area contributed by atoms with Gasteiger partial charge in [-0.1, -0.05) is 67.2 Å². The van der Waals surface area contributed by atoms with Crippen molar-refractivity contribution in [2.24, 2.45) is 23.7 Å². The second kappa shape index (κ2) is 13.4. The van der Waals surface area contributed by atoms with E-state index >= 15 is 0 Å². The number of ketones is 1. The Kier molecular flexibility index (Phi) is 10.8. The molecule has 0 spiro atoms. The third-order valence-corrected chi connectivity index (χ3v) is 9.84. The number of aryl methyl sites for hydroxylation is 1. The highest BCUT2D eigenvalue weighted by Crippen LogP contribution is 2.42. The van der Waals surface area contributed by atoms with Crippen LogP contribution in [0.25, 0.3) is 0 Å². The SMILES string of the molecule is COC1=C(/C=C2/C=C(CCC(C)C)SC(C(C)C)=C2)C(=O)C1Cc1cc(CCC(C)C)[s+]c(C(C)C)c1. The van der Waals surface area contributed by atoms with Gasteiger partial charge in [0.1, 0.15) is 5.76 Å². The summed E-state index contributed by atoms with van der Waals surface area (Å²) in [6.07, 6.45) is 11.9. The van der Waals surface area contributed by atoms with Crippen molar-refractivity contribution in [3.8, 4) is 0 Å². The molecule has 1 atom stereocenters. The van der Waals surface area contributed by atoms with E-state index in [1.54, 1.807) is 7.11 Å². The van der Waals surface area contributed by atoms with Gasteiger partial charge in [-0.15, -0.1) is 0 Å². The second-order valence-electron chi connectivity index (χ2n) is 12.0. The first-order valence-electron chi connectivity index (χ1n) is 14.1. The van der Waals surface area contributed by atoms with E-state index in [0.29, 0.717) is 23.7 Å². The van der Waals surface area contributed by atoms with E-state index in [4.69, 9.17) is 4.74 Å². The molecular weight excluding hydrogens is 492 g/mol. The van der Waals surface area contributed by atoms with Gasteiger partial charge in [0, 0.05) is 24.5 Å². The minimum absolute atomic E-state index is 0.182. The molecule has 1 aliphatic carbocycles. The fraction of sp³-hybridized carbons (Fsp3) is 0.576. The van der Waals surface area contributed by atoms with E-state index in [1.165, 1.54) is 38.0 Å². The van der Waals surface area contributed by atoms with Crippen LogP contribution in [0.1, 0.15) is 95.9 Å². The summed E-state index contributed by atoms with van der Waals surface area (Å²) < 4.78 is 5.83. The molecule has 37 heavy (non-hydrogen) atoms. The van der Waals surface area contributed by atoms with Gasteiger partial charge in [-0.3, -0.25) is 4.79 Å². The van der Waals surface area contributed by atoms with Crippen LogP contribution in [-0.2, 0) is 22.4 Å². The molecular formula is C33H47O2S2+. The lowest BCUT2D eigenvalue weighted by Gasteiger charge is -2.30. The number of carbonyl (C=O) groups excluding carboxylic acids is 1. The maximum atomic E-state index is 13.4. The van der Waals surface area contributed by atoms with Gasteiger partial charge in [-0.05, 0) is 82.6 Å². The number of Topliss-reactive ketones (excluding diaryl/α,β-unsaturated/α-hetero) is 1. The molecule has 1 unspecified atom stereocenters. The molecule has 1 aromatic heterocycles. The molecule has 0 saturated heterocycles. The highest BCUT2D eigenvalue weighted by molar-refractivity contribution is 8.06. The van der Waals surface area contributed by atoms with Gasteiger partial charge in [-0.2, -0.15) is 0 Å². The molecule has 0 saturated carbocycles. The van der Waals surface area contributed by atoms with Crippen molar-refractivity contribution in [3.63, 3.8) is 0 Å². The Morgan fingerprint density at radius 3 is 2.22 bits per heavy atom. The summed E-state index contributed by atoms with van der Waals surface area (Å²) in [5, 5.41) is 0. The summed E-state index contributed by atoms with van der Waals surface area (Å²) in [5.74, 6) is 3.19. The smallest absolute Gasteiger partial charge is 0.218 e. The first-order valence-corrected chi connectivity index (χ1v) is 15.7. The second-order valence-corrected chi connectivity index (χ2v) is 14.4. The number of methoxy groups -OCH3 is 1. The molecule has 3 rings (SSSR count). The van der Waals surface area contributed by atoms with Crippen LogP contribution in [0, 0.1) is 23.7 Å². The van der Waals surface area contributed by atoms with Crippen molar-refractivity contribution in [3.05, 3.63) is 72.4 Å². The third kappa shape index (κ3) is 8.17. The number of rotatable bonds is 12. The quantitative estimate of drug-likeness (QED) is 0.247. The van der Waals surface area contributed by atoms with Crippen LogP contribution in [0.15, 0.2) is 57.1 Å². The zero-order valence-electron chi connectivity index (χ0n) is 24.4. The van der Waals surface area contributed by atoms with E-state index in [9.17, 15) is 4.79 Å². The van der Waals surface area contributed by atoms with Gasteiger partial charge >= 0.3 is 0 Å². The maximum absolute atomic E-state index is 13.4. The van der Waals surface area contributed by atoms with Crippen molar-refractivity contribution in [2.45, 2.75) is 93.4 Å². The Balaban J connectivity index is 1.87. The van der Waals surface area contributed by atoms with E-state index in [0.717, 1.165) is 36.2 Å². The number of ether oxygens (including phenoxy) is 1. The highest BCUT2D eigenvalue weighted by Gasteiger charge is 2.40. The summed E-state index contributed by atoms with van der Waals surface area (Å²) in [7, 11) is 1.71. The molecule has 2 aliphatic rings. The minimum atomic E-state index is -0.182. The fourth-order valence-corrected chi connectivity index (χ4v) is 6.97. The van der Waals surface area contributed by atoms with Crippen LogP contribution in [0.4, 0.5) is 0 Å². The molecule has 0 amide bonds. The van der Waals surface area contributed by atoms with E-state index < -0.39 is 0 Å². The summed E-state index contributed by atoms with van der Waals surface area (Å²) in [6.45, 7) is 18.1. The van der Waals surface area contributed by atoms with Crippen LogP contribution in [-0.4, -0.2) is 12.9 Å². The van der Waals surface area contributed by atoms with Crippen LogP contribution < -0.4 is 0 Å². The summed E-state index contributed by atoms with van der Waals surface area (Å²) in [5.41, 5.74) is 3.13. The summed E-state index contributed by atoms with van der Waals surface area (Å²) in [6, 6.07) is 4.64. The van der Waals surface area contributed by atoms with Crippen molar-refractivity contribution >= 4 is 28.9 Å². The zero-order chi connectivity index (χ0) is 27.3. The number of allylic oxidation sites excluding steroid dienone is 8. The Morgan fingerprint density at radius 1 is 0.946 bits per heavy atom. The Morgan fingerprint density at radius 2 is 1.62 bits per heavy atom. The van der Waals surface area contributed by atoms with Crippen LogP contribution in [0.5, 0.6) is 0 Å². The molecule has 0 aromatic carbocycles. The molecule has 4 heteroatoms. The lowest BCUT2D eigenvalue weighted by Crippen LogP contribution is -2.33. The molecule has 2 heterocycles. The average Bonchev–Trinajstić information content (AvgIpc) is 2.84. The topological polar surface area (TPSA) is 26.3 Å². The molecule has 1 aromatic rings. The lowest BCUT2D eigenvalue weighted by molar-refractivity contribution is -0.122. The number of carbonyl (C=O) groups is 1. The number of hydrogen-bond acceptors (Lipinski definition) is 3. The van der Waals surface area contributed by atoms with Gasteiger partial charge < -0.3 is 4.74 Å². The van der Waals surface area contributed by atoms with Gasteiger partial charge in [0.15, 0.2) is 5.78 Å². The lowest BCUT2D eigenvalue weighted by atomic mass is 9.77. The van der Waals surface area contributed by atoms with Crippen LogP contribution in [0.3, 0.4) is 0 Å². The van der Waals surface area contributed by atoms with E-state index in [-0.39, 0.29) is 11.7 Å². The summed E-state index contributed by atoms with van der Waals surface area (Å²) in [4.78, 5) is 19.0. The monoisotopic (exact) mass is 539 g/mol. The summed E-state index contributed by atoms with van der Waals surface area (Å²) >= 11 is 3.83. The molecule has 0 bridgehead atoms. The number of hydrogen-bond donors (Lipinski definition) is 0. The van der Waals surface area contributed by atoms with Crippen LogP contribution >= 0.6 is 23.1 Å². The molecule has 0 N–H and O–H groups in total. The maximum Gasteiger partial charge on any atom is 0.218 e. The molecule has 202 valence electrons. The number of thioether (sulfide) groups is 1. The van der Waals surface area contributed by atoms with E-state index in [2.05, 4.69) is 85.8 Å². The minimum Gasteiger partial charge on any atom is -0.500 e. The average molecular weight is 540 g/mol. The van der Waals surface area contributed by atoms with E-state index in [1.807, 2.05) is 23.1 Å². The Labute approximate surface area is 234 Å². The predicted octanol–water partition coefficient (Wildman–Crippen LogP) is 9.92. The van der Waals surface area contributed by atoms with Gasteiger partial charge in [0.05, 0.1) is 18.6 Å². The molecule has 0 radical (unpaired) electrons. The normalized spacial score (nSPS) is 19.3. The van der Waals surface area contributed by atoms with Crippen LogP contribution in [0.2, 0.25) is 0 Å². The van der Waals surface area contributed by atoms with Crippen molar-refractivity contribution in [1.29, 1.82) is 0 Å². The first-order chi connectivity index (χ1) is 17.5. The predicted molar refractivity (Wildman–Crippen MR) is 163 cm³/mol. The third-order valence-electron chi connectivity index (χ3n) is 7.02. The van der Waals surface area contributed by atoms with Crippen molar-refractivity contribution < 1.29 is 9.53 Å².